The summed E-state index contributed by atoms with van der Waals surface area (Å²) in [7, 11) is 0. The zero-order chi connectivity index (χ0) is 21.0. The highest BCUT2D eigenvalue weighted by Gasteiger charge is 2.53. The lowest BCUT2D eigenvalue weighted by Crippen LogP contribution is -2.47. The average Bonchev–Trinajstić information content (AvgIpc) is 3.37. The molecule has 0 radical (unpaired) electrons. The summed E-state index contributed by atoms with van der Waals surface area (Å²) in [4.78, 5) is 12.5. The van der Waals surface area contributed by atoms with Crippen LogP contribution in [0.15, 0.2) is 43.1 Å². The normalized spacial score (nSPS) is 26.6. The highest BCUT2D eigenvalue weighted by Crippen LogP contribution is 2.39. The number of hydrogen-bond acceptors (Lipinski definition) is 8. The van der Waals surface area contributed by atoms with Gasteiger partial charge in [0.15, 0.2) is 6.23 Å². The van der Waals surface area contributed by atoms with E-state index in [-0.39, 0.29) is 6.61 Å². The number of aryl methyl sites for hydroxylation is 1. The molecule has 156 valence electrons. The quantitative estimate of drug-likeness (QED) is 0.455. The molecule has 4 unspecified atom stereocenters. The van der Waals surface area contributed by atoms with Crippen molar-refractivity contribution < 1.29 is 19.7 Å². The van der Waals surface area contributed by atoms with Crippen LogP contribution in [0.4, 0.5) is 5.82 Å². The maximum atomic E-state index is 10.9. The minimum Gasteiger partial charge on any atom is -0.491 e. The number of aromatic nitrogens is 5. The second-order valence-electron chi connectivity index (χ2n) is 7.71. The van der Waals surface area contributed by atoms with Crippen molar-refractivity contribution in [3.8, 4) is 5.75 Å². The first kappa shape index (κ1) is 18.8. The lowest BCUT2D eigenvalue weighted by Gasteiger charge is -2.26. The molecule has 10 heteroatoms. The Morgan fingerprint density at radius 1 is 1.27 bits per heavy atom. The summed E-state index contributed by atoms with van der Waals surface area (Å²) in [5, 5.41) is 22.4. The van der Waals surface area contributed by atoms with Gasteiger partial charge in [0.05, 0.1) is 5.39 Å². The number of rotatable bonds is 4. The molecular weight excluding hydrogens is 388 g/mol. The topological polar surface area (TPSA) is 133 Å². The fraction of sp³-hybridized carbons (Fsp3) is 0.350. The van der Waals surface area contributed by atoms with E-state index < -0.39 is 24.0 Å². The predicted octanol–water partition coefficient (Wildman–Crippen LogP) is 1.06. The number of nitrogens with zero attached hydrogens (tertiary/aromatic N) is 5. The van der Waals surface area contributed by atoms with Gasteiger partial charge in [-0.2, -0.15) is 0 Å². The molecule has 4 aromatic heterocycles. The van der Waals surface area contributed by atoms with Gasteiger partial charge in [0.1, 0.15) is 53.6 Å². The van der Waals surface area contributed by atoms with Crippen LogP contribution < -0.4 is 10.5 Å². The number of nitrogen functional groups attached to an aromatic ring is 1. The van der Waals surface area contributed by atoms with Gasteiger partial charge in [0.2, 0.25) is 0 Å². The molecular formula is C20H22N6O4. The van der Waals surface area contributed by atoms with Crippen LogP contribution in [0.3, 0.4) is 0 Å². The third-order valence-electron chi connectivity index (χ3n) is 5.71. The first-order chi connectivity index (χ1) is 14.4. The van der Waals surface area contributed by atoms with Crippen LogP contribution in [0.1, 0.15) is 18.8 Å². The lowest BCUT2D eigenvalue weighted by molar-refractivity contribution is -0.0765. The molecule has 0 bridgehead atoms. The van der Waals surface area contributed by atoms with Gasteiger partial charge in [0.25, 0.3) is 0 Å². The molecule has 4 atom stereocenters. The number of nitrogens with two attached hydrogens (primary N) is 1. The second-order valence-corrected chi connectivity index (χ2v) is 7.71. The van der Waals surface area contributed by atoms with Crippen LogP contribution in [0, 0.1) is 6.92 Å². The fourth-order valence-electron chi connectivity index (χ4n) is 3.83. The van der Waals surface area contributed by atoms with E-state index in [9.17, 15) is 10.2 Å². The number of anilines is 1. The van der Waals surface area contributed by atoms with E-state index in [1.807, 2.05) is 29.7 Å². The molecule has 0 saturated carbocycles. The maximum absolute atomic E-state index is 10.9. The Bertz CT molecular complexity index is 1230. The van der Waals surface area contributed by atoms with E-state index in [0.29, 0.717) is 22.6 Å². The zero-order valence-electron chi connectivity index (χ0n) is 16.5. The molecule has 0 amide bonds. The molecule has 10 nitrogen and oxygen atoms in total. The standard InChI is InChI=1S/C20H22N6O4/c1-11-8-22-15-7-12(3-5-25(11)15)29-9-14-20(2,28)16(27)19(30-14)26-6-4-13-17(21)23-10-24-18(13)26/h3-8,10,14,16,19,27-28H,9H2,1-2H3,(H2,21,23,24). The van der Waals surface area contributed by atoms with E-state index in [1.54, 1.807) is 23.0 Å². The number of fused-ring (bicyclic) bond motifs is 2. The average molecular weight is 410 g/mol. The third-order valence-corrected chi connectivity index (χ3v) is 5.71. The van der Waals surface area contributed by atoms with Crippen LogP contribution >= 0.6 is 0 Å². The van der Waals surface area contributed by atoms with E-state index >= 15 is 0 Å². The molecule has 1 fully saturated rings. The van der Waals surface area contributed by atoms with Gasteiger partial charge in [-0.05, 0) is 26.0 Å². The van der Waals surface area contributed by atoms with Gasteiger partial charge in [-0.25, -0.2) is 15.0 Å². The van der Waals surface area contributed by atoms with Gasteiger partial charge in [-0.3, -0.25) is 0 Å². The van der Waals surface area contributed by atoms with Crippen molar-refractivity contribution in [3.05, 3.63) is 48.8 Å². The largest absolute Gasteiger partial charge is 0.491 e. The summed E-state index contributed by atoms with van der Waals surface area (Å²) >= 11 is 0. The highest BCUT2D eigenvalue weighted by atomic mass is 16.6. The first-order valence-electron chi connectivity index (χ1n) is 9.55. The van der Waals surface area contributed by atoms with E-state index in [1.165, 1.54) is 13.3 Å². The Morgan fingerprint density at radius 3 is 2.93 bits per heavy atom. The van der Waals surface area contributed by atoms with Crippen molar-refractivity contribution in [2.75, 3.05) is 12.3 Å². The molecule has 0 aliphatic carbocycles. The maximum Gasteiger partial charge on any atom is 0.164 e. The second kappa shape index (κ2) is 6.66. The van der Waals surface area contributed by atoms with E-state index in [4.69, 9.17) is 15.2 Å². The lowest BCUT2D eigenvalue weighted by atomic mass is 9.95. The molecule has 5 heterocycles. The molecule has 0 spiro atoms. The van der Waals surface area contributed by atoms with Gasteiger partial charge in [-0.1, -0.05) is 0 Å². The molecule has 30 heavy (non-hydrogen) atoms. The zero-order valence-corrected chi connectivity index (χ0v) is 16.5. The van der Waals surface area contributed by atoms with Crippen LogP contribution in [-0.4, -0.2) is 58.5 Å². The molecule has 4 aromatic rings. The van der Waals surface area contributed by atoms with E-state index in [2.05, 4.69) is 15.0 Å². The number of ether oxygens (including phenoxy) is 2. The Kier molecular flexibility index (Phi) is 4.17. The molecule has 5 rings (SSSR count). The Morgan fingerprint density at radius 2 is 2.10 bits per heavy atom. The van der Waals surface area contributed by atoms with Crippen molar-refractivity contribution in [1.29, 1.82) is 0 Å². The van der Waals surface area contributed by atoms with Gasteiger partial charge >= 0.3 is 0 Å². The number of pyridine rings is 1. The van der Waals surface area contributed by atoms with Crippen molar-refractivity contribution in [1.82, 2.24) is 23.9 Å². The molecule has 1 saturated heterocycles. The highest BCUT2D eigenvalue weighted by molar-refractivity contribution is 5.86. The fourth-order valence-corrected chi connectivity index (χ4v) is 3.83. The summed E-state index contributed by atoms with van der Waals surface area (Å²) < 4.78 is 15.5. The van der Waals surface area contributed by atoms with Crippen LogP contribution in [-0.2, 0) is 4.74 Å². The molecule has 1 aliphatic rings. The predicted molar refractivity (Wildman–Crippen MR) is 108 cm³/mol. The summed E-state index contributed by atoms with van der Waals surface area (Å²) in [6, 6.07) is 5.38. The number of imidazole rings is 1. The van der Waals surface area contributed by atoms with Crippen LogP contribution in [0.2, 0.25) is 0 Å². The van der Waals surface area contributed by atoms with Gasteiger partial charge in [0, 0.05) is 30.4 Å². The first-order valence-corrected chi connectivity index (χ1v) is 9.55. The van der Waals surface area contributed by atoms with Crippen molar-refractivity contribution in [2.24, 2.45) is 0 Å². The van der Waals surface area contributed by atoms with Crippen LogP contribution in [0.25, 0.3) is 16.7 Å². The Balaban J connectivity index is 1.38. The summed E-state index contributed by atoms with van der Waals surface area (Å²) in [6.07, 6.45) is 3.89. The van der Waals surface area contributed by atoms with Crippen molar-refractivity contribution in [3.63, 3.8) is 0 Å². The monoisotopic (exact) mass is 410 g/mol. The van der Waals surface area contributed by atoms with Crippen molar-refractivity contribution in [2.45, 2.75) is 37.9 Å². The minimum absolute atomic E-state index is 0.0484. The summed E-state index contributed by atoms with van der Waals surface area (Å²) in [6.45, 7) is 3.55. The Hall–Kier alpha value is -3.21. The van der Waals surface area contributed by atoms with Crippen LogP contribution in [0.5, 0.6) is 5.75 Å². The summed E-state index contributed by atoms with van der Waals surface area (Å²) in [5.74, 6) is 0.930. The Labute approximate surface area is 171 Å². The molecule has 1 aliphatic heterocycles. The summed E-state index contributed by atoms with van der Waals surface area (Å²) in [5.41, 5.74) is 6.66. The van der Waals surface area contributed by atoms with Gasteiger partial charge < -0.3 is 34.4 Å². The van der Waals surface area contributed by atoms with E-state index in [0.717, 1.165) is 11.3 Å². The van der Waals surface area contributed by atoms with Crippen molar-refractivity contribution >= 4 is 22.5 Å². The molecule has 0 aromatic carbocycles. The van der Waals surface area contributed by atoms with Gasteiger partial charge in [-0.15, -0.1) is 0 Å². The minimum atomic E-state index is -1.53. The third kappa shape index (κ3) is 2.80. The molecule has 4 N–H and O–H groups in total. The number of aliphatic hydroxyl groups is 2. The smallest absolute Gasteiger partial charge is 0.164 e. The SMILES string of the molecule is Cc1cnc2cc(OCC3OC(n4ccc5c(N)ncnc54)C(O)C3(C)O)ccn12. The number of hydrogen-bond donors (Lipinski definition) is 3. The number of aliphatic hydroxyl groups excluding tert-OH is 1.